The summed E-state index contributed by atoms with van der Waals surface area (Å²) in [5, 5.41) is 4.81. The maximum absolute atomic E-state index is 13.2. The number of hydrogen-bond donors (Lipinski definition) is 0. The molecule has 0 bridgehead atoms. The molecule has 1 aromatic carbocycles. The largest absolute Gasteiger partial charge is 0.497 e. The van der Waals surface area contributed by atoms with Crippen molar-refractivity contribution in [3.05, 3.63) is 53.2 Å². The van der Waals surface area contributed by atoms with Gasteiger partial charge >= 0.3 is 0 Å². The summed E-state index contributed by atoms with van der Waals surface area (Å²) in [6, 6.07) is 9.42. The molecule has 0 aliphatic carbocycles. The van der Waals surface area contributed by atoms with Crippen molar-refractivity contribution < 1.29 is 4.74 Å². The zero-order chi connectivity index (χ0) is 18.3. The van der Waals surface area contributed by atoms with E-state index >= 15 is 0 Å². The summed E-state index contributed by atoms with van der Waals surface area (Å²) in [6.07, 6.45) is 3.23. The van der Waals surface area contributed by atoms with Gasteiger partial charge in [-0.05, 0) is 24.1 Å². The molecule has 0 spiro atoms. The van der Waals surface area contributed by atoms with Crippen LogP contribution < -0.4 is 10.3 Å². The lowest BCUT2D eigenvalue weighted by atomic mass is 10.1. The van der Waals surface area contributed by atoms with E-state index in [4.69, 9.17) is 4.74 Å². The zero-order valence-electron chi connectivity index (χ0n) is 14.9. The van der Waals surface area contributed by atoms with Crippen molar-refractivity contribution in [2.75, 3.05) is 7.11 Å². The molecule has 132 valence electrons. The van der Waals surface area contributed by atoms with E-state index in [-0.39, 0.29) is 5.56 Å². The van der Waals surface area contributed by atoms with Crippen molar-refractivity contribution in [3.8, 4) is 17.0 Å². The molecule has 0 saturated heterocycles. The molecule has 26 heavy (non-hydrogen) atoms. The van der Waals surface area contributed by atoms with Crippen LogP contribution in [0.1, 0.15) is 13.8 Å². The van der Waals surface area contributed by atoms with Crippen LogP contribution in [0, 0.1) is 5.92 Å². The lowest BCUT2D eigenvalue weighted by molar-refractivity contribution is 0.415. The Morgan fingerprint density at radius 3 is 2.85 bits per heavy atom. The highest BCUT2D eigenvalue weighted by atomic mass is 16.5. The Hall–Kier alpha value is -3.22. The summed E-state index contributed by atoms with van der Waals surface area (Å²) < 4.78 is 8.68. The Kier molecular flexibility index (Phi) is 3.91. The van der Waals surface area contributed by atoms with Gasteiger partial charge in [0.1, 0.15) is 12.1 Å². The van der Waals surface area contributed by atoms with Crippen molar-refractivity contribution in [2.45, 2.75) is 20.4 Å². The molecule has 7 heteroatoms. The van der Waals surface area contributed by atoms with Crippen molar-refractivity contribution in [1.82, 2.24) is 24.1 Å². The van der Waals surface area contributed by atoms with Gasteiger partial charge in [0.05, 0.1) is 23.7 Å². The molecule has 3 aromatic heterocycles. The predicted octanol–water partition coefficient (Wildman–Crippen LogP) is 2.77. The van der Waals surface area contributed by atoms with Gasteiger partial charge in [-0.1, -0.05) is 26.0 Å². The van der Waals surface area contributed by atoms with Gasteiger partial charge in [-0.25, -0.2) is 4.98 Å². The van der Waals surface area contributed by atoms with E-state index in [1.807, 2.05) is 30.3 Å². The van der Waals surface area contributed by atoms with Crippen LogP contribution in [-0.2, 0) is 6.54 Å². The monoisotopic (exact) mass is 349 g/mol. The molecule has 0 radical (unpaired) electrons. The molecule has 3 heterocycles. The second-order valence-corrected chi connectivity index (χ2v) is 6.59. The first kappa shape index (κ1) is 16.3. The van der Waals surface area contributed by atoms with Gasteiger partial charge < -0.3 is 9.30 Å². The fraction of sp³-hybridized carbons (Fsp3) is 0.263. The quantitative estimate of drug-likeness (QED) is 0.566. The minimum absolute atomic E-state index is 0.0843. The summed E-state index contributed by atoms with van der Waals surface area (Å²) in [5.74, 6) is 1.52. The second kappa shape index (κ2) is 6.25. The first-order chi connectivity index (χ1) is 12.6. The molecule has 7 nitrogen and oxygen atoms in total. The highest BCUT2D eigenvalue weighted by Crippen LogP contribution is 2.28. The first-order valence-corrected chi connectivity index (χ1v) is 8.46. The molecular formula is C19H19N5O2. The maximum Gasteiger partial charge on any atom is 0.262 e. The van der Waals surface area contributed by atoms with Crippen LogP contribution in [0.2, 0.25) is 0 Å². The van der Waals surface area contributed by atoms with Crippen LogP contribution in [0.5, 0.6) is 5.75 Å². The third-order valence-corrected chi connectivity index (χ3v) is 4.25. The van der Waals surface area contributed by atoms with Gasteiger partial charge in [-0.15, -0.1) is 0 Å². The van der Waals surface area contributed by atoms with E-state index in [0.717, 1.165) is 5.56 Å². The van der Waals surface area contributed by atoms with Crippen molar-refractivity contribution in [1.29, 1.82) is 0 Å². The number of aromatic nitrogens is 5. The molecule has 0 aliphatic rings. The number of ether oxygens (including phenoxy) is 1. The third-order valence-electron chi connectivity index (χ3n) is 4.25. The van der Waals surface area contributed by atoms with E-state index in [9.17, 15) is 4.79 Å². The molecule has 4 rings (SSSR count). The number of methoxy groups -OCH3 is 1. The molecule has 4 aromatic rings. The van der Waals surface area contributed by atoms with Gasteiger partial charge in [0.25, 0.3) is 11.3 Å². The normalized spacial score (nSPS) is 11.5. The van der Waals surface area contributed by atoms with E-state index in [2.05, 4.69) is 28.9 Å². The van der Waals surface area contributed by atoms with E-state index in [1.165, 1.54) is 6.33 Å². The number of nitrogens with zero attached hydrogens (tertiary/aromatic N) is 5. The Balaban J connectivity index is 2.12. The van der Waals surface area contributed by atoms with Crippen LogP contribution in [0.4, 0.5) is 0 Å². The highest BCUT2D eigenvalue weighted by Gasteiger charge is 2.17. The highest BCUT2D eigenvalue weighted by molar-refractivity contribution is 5.93. The fourth-order valence-electron chi connectivity index (χ4n) is 3.14. The number of benzene rings is 1. The minimum atomic E-state index is -0.0843. The molecule has 0 saturated carbocycles. The number of pyridine rings is 1. The number of hydrogen-bond acceptors (Lipinski definition) is 5. The van der Waals surface area contributed by atoms with Crippen molar-refractivity contribution in [2.24, 2.45) is 5.92 Å². The molecule has 0 atom stereocenters. The minimum Gasteiger partial charge on any atom is -0.497 e. The zero-order valence-corrected chi connectivity index (χ0v) is 14.9. The van der Waals surface area contributed by atoms with Crippen molar-refractivity contribution >= 4 is 16.7 Å². The maximum atomic E-state index is 13.2. The third kappa shape index (κ3) is 2.61. The summed E-state index contributed by atoms with van der Waals surface area (Å²) in [6.45, 7) is 4.80. The standard InChI is InChI=1S/C19H19N5O2/c1-12(2)10-23-8-7-15-16(18(23)25)17(24-19(22-15)20-11-21-24)13-5-4-6-14(9-13)26-3/h4-9,11-12H,10H2,1-3H3. The van der Waals surface area contributed by atoms with Crippen LogP contribution in [0.25, 0.3) is 27.9 Å². The van der Waals surface area contributed by atoms with Gasteiger partial charge in [0.15, 0.2) is 0 Å². The molecular weight excluding hydrogens is 330 g/mol. The number of fused-ring (bicyclic) bond motifs is 2. The Morgan fingerprint density at radius 1 is 1.23 bits per heavy atom. The first-order valence-electron chi connectivity index (χ1n) is 8.46. The lowest BCUT2D eigenvalue weighted by Crippen LogP contribution is -2.23. The fourth-order valence-corrected chi connectivity index (χ4v) is 3.14. The number of rotatable bonds is 4. The molecule has 0 N–H and O–H groups in total. The topological polar surface area (TPSA) is 74.3 Å². The molecule has 0 fully saturated rings. The van der Waals surface area contributed by atoms with Gasteiger partial charge in [-0.2, -0.15) is 14.6 Å². The van der Waals surface area contributed by atoms with Crippen molar-refractivity contribution in [3.63, 3.8) is 0 Å². The summed E-state index contributed by atoms with van der Waals surface area (Å²) in [5.41, 5.74) is 2.02. The van der Waals surface area contributed by atoms with E-state index in [0.29, 0.717) is 40.6 Å². The van der Waals surface area contributed by atoms with E-state index in [1.54, 1.807) is 22.4 Å². The lowest BCUT2D eigenvalue weighted by Gasteiger charge is -2.13. The molecule has 0 amide bonds. The van der Waals surface area contributed by atoms with Crippen LogP contribution in [-0.4, -0.2) is 31.3 Å². The SMILES string of the molecule is COc1cccc(-c2c3c(=O)n(CC(C)C)ccc3nc3ncnn23)c1. The van der Waals surface area contributed by atoms with Crippen LogP contribution >= 0.6 is 0 Å². The summed E-state index contributed by atoms with van der Waals surface area (Å²) in [4.78, 5) is 21.9. The van der Waals surface area contributed by atoms with Crippen LogP contribution in [0.15, 0.2) is 47.7 Å². The van der Waals surface area contributed by atoms with Gasteiger partial charge in [0.2, 0.25) is 0 Å². The Morgan fingerprint density at radius 2 is 2.08 bits per heavy atom. The average Bonchev–Trinajstić information content (AvgIpc) is 3.10. The molecule has 0 aliphatic heterocycles. The predicted molar refractivity (Wildman–Crippen MR) is 99.4 cm³/mol. The Labute approximate surface area is 149 Å². The second-order valence-electron chi connectivity index (χ2n) is 6.59. The summed E-state index contributed by atoms with van der Waals surface area (Å²) in [7, 11) is 1.62. The summed E-state index contributed by atoms with van der Waals surface area (Å²) >= 11 is 0. The van der Waals surface area contributed by atoms with Gasteiger partial charge in [0, 0.05) is 18.3 Å². The average molecular weight is 349 g/mol. The smallest absolute Gasteiger partial charge is 0.262 e. The Bertz CT molecular complexity index is 1160. The molecule has 0 unspecified atom stereocenters. The van der Waals surface area contributed by atoms with E-state index < -0.39 is 0 Å². The van der Waals surface area contributed by atoms with Gasteiger partial charge in [-0.3, -0.25) is 4.79 Å². The van der Waals surface area contributed by atoms with Crippen LogP contribution in [0.3, 0.4) is 0 Å².